The van der Waals surface area contributed by atoms with Crippen molar-refractivity contribution in [1.82, 2.24) is 0 Å². The second kappa shape index (κ2) is 8.35. The summed E-state index contributed by atoms with van der Waals surface area (Å²) in [5.74, 6) is 0. The fourth-order valence-electron chi connectivity index (χ4n) is 4.79. The van der Waals surface area contributed by atoms with Crippen LogP contribution in [0.5, 0.6) is 0 Å². The van der Waals surface area contributed by atoms with E-state index in [0.29, 0.717) is 0 Å². The molecule has 0 bridgehead atoms. The molecular formula is C32H21Br. The van der Waals surface area contributed by atoms with E-state index in [0.717, 1.165) is 4.47 Å². The summed E-state index contributed by atoms with van der Waals surface area (Å²) in [6, 6.07) is 45.7. The highest BCUT2D eigenvalue weighted by Crippen LogP contribution is 2.43. The van der Waals surface area contributed by atoms with Crippen LogP contribution >= 0.6 is 15.9 Å². The summed E-state index contributed by atoms with van der Waals surface area (Å²) < 4.78 is 1.11. The van der Waals surface area contributed by atoms with Gasteiger partial charge in [0, 0.05) is 10.0 Å². The average Bonchev–Trinajstić information content (AvgIpc) is 2.88. The number of benzene rings is 6. The van der Waals surface area contributed by atoms with Crippen molar-refractivity contribution in [3.63, 3.8) is 0 Å². The molecule has 0 amide bonds. The molecule has 0 spiro atoms. The van der Waals surface area contributed by atoms with Gasteiger partial charge >= 0.3 is 0 Å². The monoisotopic (exact) mass is 484 g/mol. The van der Waals surface area contributed by atoms with E-state index in [9.17, 15) is 0 Å². The third-order valence-corrected chi connectivity index (χ3v) is 7.00. The molecule has 0 aliphatic heterocycles. The van der Waals surface area contributed by atoms with Crippen LogP contribution in [0.3, 0.4) is 0 Å². The first-order valence-corrected chi connectivity index (χ1v) is 11.9. The summed E-state index contributed by atoms with van der Waals surface area (Å²) in [5, 5.41) is 5.03. The lowest BCUT2D eigenvalue weighted by molar-refractivity contribution is 1.59. The van der Waals surface area contributed by atoms with E-state index in [1.165, 1.54) is 54.9 Å². The highest BCUT2D eigenvalue weighted by Gasteiger charge is 2.16. The molecule has 6 aromatic rings. The van der Waals surface area contributed by atoms with E-state index in [1.807, 2.05) is 0 Å². The van der Waals surface area contributed by atoms with Crippen LogP contribution in [0.25, 0.3) is 54.9 Å². The molecule has 6 aromatic carbocycles. The highest BCUT2D eigenvalue weighted by molar-refractivity contribution is 9.10. The Bertz CT molecular complexity index is 1600. The molecule has 1 heteroatoms. The molecule has 0 saturated heterocycles. The topological polar surface area (TPSA) is 0 Å². The zero-order valence-electron chi connectivity index (χ0n) is 18.0. The van der Waals surface area contributed by atoms with Crippen LogP contribution in [-0.2, 0) is 0 Å². The van der Waals surface area contributed by atoms with Crippen LogP contribution in [0.15, 0.2) is 132 Å². The minimum atomic E-state index is 1.11. The predicted molar refractivity (Wildman–Crippen MR) is 145 cm³/mol. The van der Waals surface area contributed by atoms with Crippen LogP contribution < -0.4 is 0 Å². The molecule has 0 heterocycles. The van der Waals surface area contributed by atoms with Crippen molar-refractivity contribution < 1.29 is 0 Å². The first kappa shape index (κ1) is 20.0. The van der Waals surface area contributed by atoms with Crippen molar-refractivity contribution in [2.75, 3.05) is 0 Å². The van der Waals surface area contributed by atoms with E-state index in [2.05, 4.69) is 143 Å². The molecule has 0 aliphatic rings. The van der Waals surface area contributed by atoms with Crippen molar-refractivity contribution in [2.24, 2.45) is 0 Å². The van der Waals surface area contributed by atoms with Crippen LogP contribution in [0, 0.1) is 0 Å². The van der Waals surface area contributed by atoms with Crippen molar-refractivity contribution in [2.45, 2.75) is 0 Å². The van der Waals surface area contributed by atoms with E-state index in [1.54, 1.807) is 0 Å². The zero-order valence-corrected chi connectivity index (χ0v) is 19.6. The number of hydrogen-bond donors (Lipinski definition) is 0. The van der Waals surface area contributed by atoms with Gasteiger partial charge in [-0.1, -0.05) is 131 Å². The number of fused-ring (bicyclic) bond motifs is 2. The molecule has 0 aromatic heterocycles. The summed E-state index contributed by atoms with van der Waals surface area (Å²) in [6.45, 7) is 0. The second-order valence-corrected chi connectivity index (χ2v) is 9.15. The van der Waals surface area contributed by atoms with Crippen molar-refractivity contribution in [3.05, 3.63) is 132 Å². The Morgan fingerprint density at radius 1 is 0.394 bits per heavy atom. The van der Waals surface area contributed by atoms with Gasteiger partial charge in [-0.3, -0.25) is 0 Å². The first-order chi connectivity index (χ1) is 16.3. The molecule has 0 atom stereocenters. The summed E-state index contributed by atoms with van der Waals surface area (Å²) in [4.78, 5) is 0. The number of rotatable bonds is 3. The van der Waals surface area contributed by atoms with Gasteiger partial charge in [0.15, 0.2) is 0 Å². The van der Waals surface area contributed by atoms with Gasteiger partial charge in [-0.15, -0.1) is 0 Å². The van der Waals surface area contributed by atoms with Crippen molar-refractivity contribution >= 4 is 37.5 Å². The molecule has 0 nitrogen and oxygen atoms in total. The summed E-state index contributed by atoms with van der Waals surface area (Å²) in [7, 11) is 0. The standard InChI is InChI=1S/C32H21Br/c33-30-20-19-28-29(32(30)24-12-5-2-6-13-24)18-17-27(31(28)23-10-3-1-4-11-23)26-16-15-22-9-7-8-14-25(22)21-26/h1-21H. The Labute approximate surface area is 202 Å². The lowest BCUT2D eigenvalue weighted by Gasteiger charge is -2.18. The van der Waals surface area contributed by atoms with E-state index < -0.39 is 0 Å². The van der Waals surface area contributed by atoms with Crippen LogP contribution in [0.4, 0.5) is 0 Å². The van der Waals surface area contributed by atoms with Crippen LogP contribution in [0.2, 0.25) is 0 Å². The van der Waals surface area contributed by atoms with Gasteiger partial charge in [-0.05, 0) is 61.5 Å². The Morgan fingerprint density at radius 2 is 0.970 bits per heavy atom. The van der Waals surface area contributed by atoms with Crippen LogP contribution in [-0.4, -0.2) is 0 Å². The largest absolute Gasteiger partial charge is 0.0622 e. The normalized spacial score (nSPS) is 11.2. The quantitative estimate of drug-likeness (QED) is 0.234. The average molecular weight is 485 g/mol. The van der Waals surface area contributed by atoms with Gasteiger partial charge in [-0.25, -0.2) is 0 Å². The highest BCUT2D eigenvalue weighted by atomic mass is 79.9. The molecule has 33 heavy (non-hydrogen) atoms. The molecule has 0 aliphatic carbocycles. The third kappa shape index (κ3) is 3.55. The molecule has 0 fully saturated rings. The fourth-order valence-corrected chi connectivity index (χ4v) is 5.37. The Kier molecular flexibility index (Phi) is 5.05. The molecule has 0 N–H and O–H groups in total. The Morgan fingerprint density at radius 3 is 1.70 bits per heavy atom. The van der Waals surface area contributed by atoms with Crippen molar-refractivity contribution in [1.29, 1.82) is 0 Å². The smallest absolute Gasteiger partial charge is 0.0260 e. The lowest BCUT2D eigenvalue weighted by Crippen LogP contribution is -1.91. The number of halogens is 1. The molecule has 156 valence electrons. The molecule has 0 radical (unpaired) electrons. The van der Waals surface area contributed by atoms with Gasteiger partial charge in [0.25, 0.3) is 0 Å². The Hall–Kier alpha value is -3.68. The van der Waals surface area contributed by atoms with Gasteiger partial charge < -0.3 is 0 Å². The molecule has 0 unspecified atom stereocenters. The Balaban J connectivity index is 1.69. The lowest BCUT2D eigenvalue weighted by atomic mass is 9.87. The van der Waals surface area contributed by atoms with Crippen molar-refractivity contribution in [3.8, 4) is 33.4 Å². The van der Waals surface area contributed by atoms with E-state index in [4.69, 9.17) is 0 Å². The predicted octanol–water partition coefficient (Wildman–Crippen LogP) is 9.76. The minimum absolute atomic E-state index is 1.11. The fraction of sp³-hybridized carbons (Fsp3) is 0. The number of hydrogen-bond acceptors (Lipinski definition) is 0. The SMILES string of the molecule is Brc1ccc2c(-c3ccccc3)c(-c3ccc4ccccc4c3)ccc2c1-c1ccccc1. The van der Waals surface area contributed by atoms with Gasteiger partial charge in [0.1, 0.15) is 0 Å². The van der Waals surface area contributed by atoms with E-state index in [-0.39, 0.29) is 0 Å². The summed E-state index contributed by atoms with van der Waals surface area (Å²) >= 11 is 3.83. The maximum atomic E-state index is 3.83. The second-order valence-electron chi connectivity index (χ2n) is 8.30. The van der Waals surface area contributed by atoms with Gasteiger partial charge in [-0.2, -0.15) is 0 Å². The summed E-state index contributed by atoms with van der Waals surface area (Å²) in [6.07, 6.45) is 0. The van der Waals surface area contributed by atoms with Gasteiger partial charge in [0.05, 0.1) is 0 Å². The zero-order chi connectivity index (χ0) is 22.2. The minimum Gasteiger partial charge on any atom is -0.0622 e. The maximum Gasteiger partial charge on any atom is 0.0260 e. The summed E-state index contributed by atoms with van der Waals surface area (Å²) in [5.41, 5.74) is 7.43. The first-order valence-electron chi connectivity index (χ1n) is 11.1. The third-order valence-electron chi connectivity index (χ3n) is 6.34. The van der Waals surface area contributed by atoms with Gasteiger partial charge in [0.2, 0.25) is 0 Å². The molecular weight excluding hydrogens is 464 g/mol. The van der Waals surface area contributed by atoms with E-state index >= 15 is 0 Å². The molecule has 0 saturated carbocycles. The maximum absolute atomic E-state index is 3.83. The van der Waals surface area contributed by atoms with Crippen LogP contribution in [0.1, 0.15) is 0 Å². The molecule has 6 rings (SSSR count).